The Balaban J connectivity index is 4.16. The van der Waals surface area contributed by atoms with Gasteiger partial charge in [0.25, 0.3) is 0 Å². The van der Waals surface area contributed by atoms with E-state index in [9.17, 15) is 4.79 Å². The van der Waals surface area contributed by atoms with E-state index in [4.69, 9.17) is 4.74 Å². The van der Waals surface area contributed by atoms with Crippen LogP contribution in [0.1, 0.15) is 34.1 Å². The molecule has 0 aromatic carbocycles. The lowest BCUT2D eigenvalue weighted by Crippen LogP contribution is -2.42. The van der Waals surface area contributed by atoms with Gasteiger partial charge >= 0.3 is 0 Å². The fraction of sp³-hybridized carbons (Fsp3) is 0.917. The topological polar surface area (TPSA) is 41.6 Å². The first-order valence-electron chi connectivity index (χ1n) is 6.04. The van der Waals surface area contributed by atoms with Gasteiger partial charge in [-0.05, 0) is 27.3 Å². The molecule has 4 heteroatoms. The van der Waals surface area contributed by atoms with Crippen molar-refractivity contribution in [3.8, 4) is 0 Å². The van der Waals surface area contributed by atoms with Crippen molar-refractivity contribution in [2.24, 2.45) is 0 Å². The number of carbonyl (C=O) groups excluding carboxylic acids is 1. The molecular formula is C12H26N2O2. The number of hydrogen-bond donors (Lipinski definition) is 1. The molecule has 0 bridgehead atoms. The van der Waals surface area contributed by atoms with Crippen LogP contribution in [0.15, 0.2) is 0 Å². The minimum Gasteiger partial charge on any atom is -0.383 e. The molecule has 1 N–H and O–H groups in total. The van der Waals surface area contributed by atoms with Gasteiger partial charge in [-0.1, -0.05) is 6.92 Å². The molecule has 0 heterocycles. The van der Waals surface area contributed by atoms with Crippen molar-refractivity contribution >= 4 is 5.91 Å². The zero-order chi connectivity index (χ0) is 12.6. The Hall–Kier alpha value is -0.610. The minimum atomic E-state index is 0.195. The number of hydrogen-bond acceptors (Lipinski definition) is 3. The smallest absolute Gasteiger partial charge is 0.224 e. The van der Waals surface area contributed by atoms with Crippen molar-refractivity contribution in [3.63, 3.8) is 0 Å². The van der Waals surface area contributed by atoms with Crippen LogP contribution >= 0.6 is 0 Å². The zero-order valence-corrected chi connectivity index (χ0v) is 11.2. The summed E-state index contributed by atoms with van der Waals surface area (Å²) in [5, 5.41) is 3.25. The summed E-state index contributed by atoms with van der Waals surface area (Å²) >= 11 is 0. The first-order valence-corrected chi connectivity index (χ1v) is 6.04. The second-order valence-electron chi connectivity index (χ2n) is 4.34. The van der Waals surface area contributed by atoms with Gasteiger partial charge in [0.1, 0.15) is 0 Å². The van der Waals surface area contributed by atoms with E-state index in [1.165, 1.54) is 0 Å². The van der Waals surface area contributed by atoms with E-state index in [0.717, 1.165) is 6.54 Å². The molecule has 1 unspecified atom stereocenters. The quantitative estimate of drug-likeness (QED) is 0.682. The first-order chi connectivity index (χ1) is 7.52. The van der Waals surface area contributed by atoms with E-state index in [0.29, 0.717) is 19.6 Å². The molecule has 0 radical (unpaired) electrons. The first kappa shape index (κ1) is 15.4. The molecule has 0 rings (SSSR count). The van der Waals surface area contributed by atoms with Crippen molar-refractivity contribution in [3.05, 3.63) is 0 Å². The van der Waals surface area contributed by atoms with Crippen molar-refractivity contribution in [2.45, 2.75) is 46.2 Å². The van der Waals surface area contributed by atoms with Crippen molar-refractivity contribution in [1.29, 1.82) is 0 Å². The fourth-order valence-electron chi connectivity index (χ4n) is 1.66. The lowest BCUT2D eigenvalue weighted by atomic mass is 10.2. The Morgan fingerprint density at radius 1 is 1.38 bits per heavy atom. The Kier molecular flexibility index (Phi) is 8.21. The van der Waals surface area contributed by atoms with Crippen LogP contribution in [-0.2, 0) is 9.53 Å². The molecule has 16 heavy (non-hydrogen) atoms. The predicted octanol–water partition coefficient (Wildman–Crippen LogP) is 1.26. The van der Waals surface area contributed by atoms with E-state index < -0.39 is 0 Å². The van der Waals surface area contributed by atoms with Crippen LogP contribution in [0.5, 0.6) is 0 Å². The maximum atomic E-state index is 12.0. The van der Waals surface area contributed by atoms with Crippen LogP contribution in [0, 0.1) is 0 Å². The summed E-state index contributed by atoms with van der Waals surface area (Å²) in [4.78, 5) is 13.9. The highest BCUT2D eigenvalue weighted by atomic mass is 16.5. The van der Waals surface area contributed by atoms with E-state index in [2.05, 4.69) is 5.32 Å². The van der Waals surface area contributed by atoms with Gasteiger partial charge in [-0.2, -0.15) is 0 Å². The third-order valence-electron chi connectivity index (χ3n) is 2.51. The van der Waals surface area contributed by atoms with Crippen LogP contribution in [0.3, 0.4) is 0 Å². The van der Waals surface area contributed by atoms with Gasteiger partial charge in [0.05, 0.1) is 6.61 Å². The summed E-state index contributed by atoms with van der Waals surface area (Å²) in [6.07, 6.45) is 0.551. The third kappa shape index (κ3) is 6.08. The van der Waals surface area contributed by atoms with Crippen molar-refractivity contribution in [2.75, 3.05) is 26.8 Å². The maximum absolute atomic E-state index is 12.0. The summed E-state index contributed by atoms with van der Waals surface area (Å²) in [5.41, 5.74) is 0. The average Bonchev–Trinajstić information content (AvgIpc) is 2.17. The molecule has 1 atom stereocenters. The van der Waals surface area contributed by atoms with Gasteiger partial charge in [-0.3, -0.25) is 4.79 Å². The second-order valence-corrected chi connectivity index (χ2v) is 4.34. The summed E-state index contributed by atoms with van der Waals surface area (Å²) in [6.45, 7) is 10.3. The average molecular weight is 230 g/mol. The Morgan fingerprint density at radius 3 is 2.44 bits per heavy atom. The highest BCUT2D eigenvalue weighted by Crippen LogP contribution is 2.04. The van der Waals surface area contributed by atoms with Gasteiger partial charge in [0.15, 0.2) is 0 Å². The molecule has 96 valence electrons. The monoisotopic (exact) mass is 230 g/mol. The number of rotatable bonds is 8. The number of carbonyl (C=O) groups is 1. The molecule has 0 aromatic rings. The van der Waals surface area contributed by atoms with Crippen LogP contribution in [0.2, 0.25) is 0 Å². The number of ether oxygens (including phenoxy) is 1. The van der Waals surface area contributed by atoms with Gasteiger partial charge in [-0.25, -0.2) is 0 Å². The predicted molar refractivity (Wildman–Crippen MR) is 66.5 cm³/mol. The molecule has 0 aliphatic rings. The Morgan fingerprint density at radius 2 is 2.00 bits per heavy atom. The maximum Gasteiger partial charge on any atom is 0.224 e. The molecule has 0 spiro atoms. The lowest BCUT2D eigenvalue weighted by Gasteiger charge is -2.27. The van der Waals surface area contributed by atoms with Gasteiger partial charge in [0, 0.05) is 32.2 Å². The van der Waals surface area contributed by atoms with Gasteiger partial charge in [-0.15, -0.1) is 0 Å². The molecule has 0 aliphatic heterocycles. The molecule has 0 fully saturated rings. The van der Waals surface area contributed by atoms with E-state index in [1.807, 2.05) is 32.6 Å². The summed E-state index contributed by atoms with van der Waals surface area (Å²) in [5.74, 6) is 0.195. The fourth-order valence-corrected chi connectivity index (χ4v) is 1.66. The number of nitrogens with zero attached hydrogens (tertiary/aromatic N) is 1. The van der Waals surface area contributed by atoms with Crippen LogP contribution < -0.4 is 5.32 Å². The minimum absolute atomic E-state index is 0.195. The van der Waals surface area contributed by atoms with E-state index >= 15 is 0 Å². The lowest BCUT2D eigenvalue weighted by molar-refractivity contribution is -0.134. The molecule has 0 saturated carbocycles. The van der Waals surface area contributed by atoms with Crippen LogP contribution in [0.25, 0.3) is 0 Å². The Bertz CT molecular complexity index is 195. The Labute approximate surface area is 99.3 Å². The highest BCUT2D eigenvalue weighted by molar-refractivity contribution is 5.77. The summed E-state index contributed by atoms with van der Waals surface area (Å²) in [6, 6.07) is 0.470. The summed E-state index contributed by atoms with van der Waals surface area (Å²) < 4.78 is 5.02. The van der Waals surface area contributed by atoms with Gasteiger partial charge < -0.3 is 15.0 Å². The molecular weight excluding hydrogens is 204 g/mol. The molecule has 1 amide bonds. The molecule has 4 nitrogen and oxygen atoms in total. The van der Waals surface area contributed by atoms with Crippen LogP contribution in [0.4, 0.5) is 0 Å². The van der Waals surface area contributed by atoms with E-state index in [-0.39, 0.29) is 18.0 Å². The molecule has 0 aromatic heterocycles. The van der Waals surface area contributed by atoms with Crippen molar-refractivity contribution in [1.82, 2.24) is 10.2 Å². The third-order valence-corrected chi connectivity index (χ3v) is 2.51. The SMILES string of the molecule is CCNC(C)CC(=O)N(CCOC)C(C)C. The number of nitrogens with one attached hydrogen (secondary N) is 1. The number of methoxy groups -OCH3 is 1. The number of amides is 1. The van der Waals surface area contributed by atoms with E-state index in [1.54, 1.807) is 7.11 Å². The zero-order valence-electron chi connectivity index (χ0n) is 11.2. The van der Waals surface area contributed by atoms with Crippen LogP contribution in [-0.4, -0.2) is 49.7 Å². The molecule has 0 aliphatic carbocycles. The highest BCUT2D eigenvalue weighted by Gasteiger charge is 2.18. The van der Waals surface area contributed by atoms with Gasteiger partial charge in [0.2, 0.25) is 5.91 Å². The summed E-state index contributed by atoms with van der Waals surface area (Å²) in [7, 11) is 1.66. The molecule has 0 saturated heterocycles. The normalized spacial score (nSPS) is 12.9. The second kappa shape index (κ2) is 8.53. The standard InChI is InChI=1S/C12H26N2O2/c1-6-13-11(4)9-12(15)14(10(2)3)7-8-16-5/h10-11,13H,6-9H2,1-5H3. The largest absolute Gasteiger partial charge is 0.383 e. The van der Waals surface area contributed by atoms with Crippen molar-refractivity contribution < 1.29 is 9.53 Å².